The van der Waals surface area contributed by atoms with Crippen LogP contribution in [0.4, 0.5) is 0 Å². The van der Waals surface area contributed by atoms with E-state index in [1.807, 2.05) is 36.4 Å². The van der Waals surface area contributed by atoms with Crippen LogP contribution in [0.3, 0.4) is 0 Å². The number of carbonyl (C=O) groups excluding carboxylic acids is 1. The fraction of sp³-hybridized carbons (Fsp3) is 0.0714. The van der Waals surface area contributed by atoms with Gasteiger partial charge in [0.1, 0.15) is 5.75 Å². The molecule has 0 saturated heterocycles. The average Bonchev–Trinajstić information content (AvgIpc) is 2.39. The highest BCUT2D eigenvalue weighted by Crippen LogP contribution is 2.29. The summed E-state index contributed by atoms with van der Waals surface area (Å²) < 4.78 is 5.17. The van der Waals surface area contributed by atoms with Crippen molar-refractivity contribution < 1.29 is 9.53 Å². The standard InChI is InChI=1S/C14H13NO2S/c1-17-11-3-2-4-13(9-11)18-12-7-5-10(6-8-12)14(15)16/h2-9H,1H3,(H2,15,16). The lowest BCUT2D eigenvalue weighted by Crippen LogP contribution is -2.10. The third-order valence-corrected chi connectivity index (χ3v) is 3.41. The van der Waals surface area contributed by atoms with Gasteiger partial charge in [-0.05, 0) is 42.5 Å². The molecule has 0 unspecified atom stereocenters. The number of ether oxygens (including phenoxy) is 1. The van der Waals surface area contributed by atoms with E-state index in [1.54, 1.807) is 31.0 Å². The van der Waals surface area contributed by atoms with Crippen molar-refractivity contribution in [3.8, 4) is 5.75 Å². The van der Waals surface area contributed by atoms with Crippen LogP contribution in [-0.2, 0) is 0 Å². The summed E-state index contributed by atoms with van der Waals surface area (Å²) in [6.07, 6.45) is 0. The van der Waals surface area contributed by atoms with Crippen molar-refractivity contribution in [3.05, 3.63) is 54.1 Å². The Bertz CT molecular complexity index is 552. The lowest BCUT2D eigenvalue weighted by Gasteiger charge is -2.04. The second kappa shape index (κ2) is 5.60. The van der Waals surface area contributed by atoms with Crippen molar-refractivity contribution in [1.29, 1.82) is 0 Å². The predicted octanol–water partition coefficient (Wildman–Crippen LogP) is 2.95. The van der Waals surface area contributed by atoms with Crippen molar-refractivity contribution >= 4 is 17.7 Å². The lowest BCUT2D eigenvalue weighted by atomic mass is 10.2. The Hall–Kier alpha value is -1.94. The summed E-state index contributed by atoms with van der Waals surface area (Å²) >= 11 is 1.61. The number of hydrogen-bond donors (Lipinski definition) is 1. The first-order chi connectivity index (χ1) is 8.69. The highest BCUT2D eigenvalue weighted by atomic mass is 32.2. The smallest absolute Gasteiger partial charge is 0.248 e. The zero-order chi connectivity index (χ0) is 13.0. The minimum atomic E-state index is -0.409. The number of hydrogen-bond acceptors (Lipinski definition) is 3. The van der Waals surface area contributed by atoms with Gasteiger partial charge in [0.15, 0.2) is 0 Å². The fourth-order valence-electron chi connectivity index (χ4n) is 1.49. The van der Waals surface area contributed by atoms with E-state index in [4.69, 9.17) is 10.5 Å². The minimum Gasteiger partial charge on any atom is -0.497 e. The van der Waals surface area contributed by atoms with Gasteiger partial charge in [-0.25, -0.2) is 0 Å². The molecule has 92 valence electrons. The average molecular weight is 259 g/mol. The molecule has 0 heterocycles. The van der Waals surface area contributed by atoms with E-state index < -0.39 is 5.91 Å². The highest BCUT2D eigenvalue weighted by Gasteiger charge is 2.02. The molecule has 0 spiro atoms. The van der Waals surface area contributed by atoms with E-state index in [2.05, 4.69) is 0 Å². The van der Waals surface area contributed by atoms with Gasteiger partial charge in [-0.15, -0.1) is 0 Å². The molecule has 0 aliphatic carbocycles. The van der Waals surface area contributed by atoms with Crippen LogP contribution in [0.2, 0.25) is 0 Å². The van der Waals surface area contributed by atoms with Gasteiger partial charge in [-0.2, -0.15) is 0 Å². The first-order valence-electron chi connectivity index (χ1n) is 5.41. The SMILES string of the molecule is COc1cccc(Sc2ccc(C(N)=O)cc2)c1. The summed E-state index contributed by atoms with van der Waals surface area (Å²) in [6, 6.07) is 15.0. The molecule has 0 radical (unpaired) electrons. The van der Waals surface area contributed by atoms with Crippen LogP contribution in [0.1, 0.15) is 10.4 Å². The molecular weight excluding hydrogens is 246 g/mol. The highest BCUT2D eigenvalue weighted by molar-refractivity contribution is 7.99. The summed E-state index contributed by atoms with van der Waals surface area (Å²) in [7, 11) is 1.64. The van der Waals surface area contributed by atoms with E-state index in [0.717, 1.165) is 15.5 Å². The first kappa shape index (κ1) is 12.5. The summed E-state index contributed by atoms with van der Waals surface area (Å²) in [5, 5.41) is 0. The van der Waals surface area contributed by atoms with Gasteiger partial charge in [-0.1, -0.05) is 17.8 Å². The number of rotatable bonds is 4. The Balaban J connectivity index is 2.15. The number of nitrogens with two attached hydrogens (primary N) is 1. The molecule has 18 heavy (non-hydrogen) atoms. The summed E-state index contributed by atoms with van der Waals surface area (Å²) in [5.74, 6) is 0.418. The van der Waals surface area contributed by atoms with Crippen LogP contribution >= 0.6 is 11.8 Å². The van der Waals surface area contributed by atoms with E-state index >= 15 is 0 Å². The molecule has 0 fully saturated rings. The molecule has 2 aromatic carbocycles. The molecule has 0 atom stereocenters. The summed E-state index contributed by atoms with van der Waals surface area (Å²) in [4.78, 5) is 13.1. The molecule has 0 saturated carbocycles. The van der Waals surface area contributed by atoms with Crippen LogP contribution in [0.5, 0.6) is 5.75 Å². The Kier molecular flexibility index (Phi) is 3.89. The normalized spacial score (nSPS) is 10.1. The van der Waals surface area contributed by atoms with Gasteiger partial charge in [0.2, 0.25) is 5.91 Å². The van der Waals surface area contributed by atoms with Gasteiger partial charge in [0.25, 0.3) is 0 Å². The van der Waals surface area contributed by atoms with Crippen LogP contribution in [0, 0.1) is 0 Å². The van der Waals surface area contributed by atoms with Crippen molar-refractivity contribution in [1.82, 2.24) is 0 Å². The van der Waals surface area contributed by atoms with Gasteiger partial charge < -0.3 is 10.5 Å². The number of carbonyl (C=O) groups is 1. The third-order valence-electron chi connectivity index (χ3n) is 2.42. The van der Waals surface area contributed by atoms with Crippen LogP contribution in [0.25, 0.3) is 0 Å². The molecule has 0 aromatic heterocycles. The molecule has 4 heteroatoms. The van der Waals surface area contributed by atoms with E-state index in [9.17, 15) is 4.79 Å². The molecule has 0 aliphatic rings. The maximum atomic E-state index is 11.0. The second-order valence-electron chi connectivity index (χ2n) is 3.67. The maximum Gasteiger partial charge on any atom is 0.248 e. The quantitative estimate of drug-likeness (QED) is 0.918. The van der Waals surface area contributed by atoms with Crippen molar-refractivity contribution in [2.24, 2.45) is 5.73 Å². The summed E-state index contributed by atoms with van der Waals surface area (Å²) in [6.45, 7) is 0. The van der Waals surface area contributed by atoms with Gasteiger partial charge >= 0.3 is 0 Å². The molecule has 2 N–H and O–H groups in total. The van der Waals surface area contributed by atoms with Gasteiger partial charge in [-0.3, -0.25) is 4.79 Å². The molecule has 2 rings (SSSR count). The molecule has 0 bridgehead atoms. The van der Waals surface area contributed by atoms with Crippen molar-refractivity contribution in [2.45, 2.75) is 9.79 Å². The second-order valence-corrected chi connectivity index (χ2v) is 4.82. The number of primary amides is 1. The Labute approximate surface area is 110 Å². The Morgan fingerprint density at radius 1 is 1.11 bits per heavy atom. The lowest BCUT2D eigenvalue weighted by molar-refractivity contribution is 0.1000. The van der Waals surface area contributed by atoms with Crippen LogP contribution < -0.4 is 10.5 Å². The monoisotopic (exact) mass is 259 g/mol. The van der Waals surface area contributed by atoms with Crippen molar-refractivity contribution in [3.63, 3.8) is 0 Å². The zero-order valence-corrected chi connectivity index (χ0v) is 10.7. The first-order valence-corrected chi connectivity index (χ1v) is 6.22. The van der Waals surface area contributed by atoms with Crippen LogP contribution in [0.15, 0.2) is 58.3 Å². The minimum absolute atomic E-state index is 0.409. The topological polar surface area (TPSA) is 52.3 Å². The molecule has 1 amide bonds. The fourth-order valence-corrected chi connectivity index (χ4v) is 2.35. The van der Waals surface area contributed by atoms with E-state index in [-0.39, 0.29) is 0 Å². The molecular formula is C14H13NO2S. The maximum absolute atomic E-state index is 11.0. The largest absolute Gasteiger partial charge is 0.497 e. The molecule has 2 aromatic rings. The van der Waals surface area contributed by atoms with Gasteiger partial charge in [0, 0.05) is 15.4 Å². The third kappa shape index (κ3) is 3.05. The molecule has 3 nitrogen and oxygen atoms in total. The van der Waals surface area contributed by atoms with Crippen LogP contribution in [-0.4, -0.2) is 13.0 Å². The summed E-state index contributed by atoms with van der Waals surface area (Å²) in [5.41, 5.74) is 5.71. The van der Waals surface area contributed by atoms with E-state index in [1.165, 1.54) is 0 Å². The molecule has 0 aliphatic heterocycles. The predicted molar refractivity (Wildman–Crippen MR) is 72.1 cm³/mol. The Morgan fingerprint density at radius 3 is 2.44 bits per heavy atom. The number of benzene rings is 2. The Morgan fingerprint density at radius 2 is 1.83 bits per heavy atom. The van der Waals surface area contributed by atoms with E-state index in [0.29, 0.717) is 5.56 Å². The van der Waals surface area contributed by atoms with Gasteiger partial charge in [0.05, 0.1) is 7.11 Å². The number of methoxy groups -OCH3 is 1. The number of amides is 1. The van der Waals surface area contributed by atoms with Crippen molar-refractivity contribution in [2.75, 3.05) is 7.11 Å². The zero-order valence-electron chi connectivity index (χ0n) is 9.92.